The average Bonchev–Trinajstić information content (AvgIpc) is 2.71. The standard InChI is InChI=1S/C13H8ClNOS/c1-8(16)13-11(14)6-12(17-13)10-4-2-9(7-15)3-5-10/h2-6H,1H3. The Morgan fingerprint density at radius 1 is 1.35 bits per heavy atom. The number of Topliss-reactive ketones (excluding diaryl/α,β-unsaturated/α-hetero) is 1. The molecule has 2 nitrogen and oxygen atoms in total. The van der Waals surface area contributed by atoms with E-state index in [-0.39, 0.29) is 5.78 Å². The van der Waals surface area contributed by atoms with Gasteiger partial charge >= 0.3 is 0 Å². The van der Waals surface area contributed by atoms with Gasteiger partial charge in [-0.05, 0) is 23.8 Å². The van der Waals surface area contributed by atoms with Crippen LogP contribution in [-0.4, -0.2) is 5.78 Å². The lowest BCUT2D eigenvalue weighted by Crippen LogP contribution is -1.85. The Labute approximate surface area is 108 Å². The Balaban J connectivity index is 2.43. The summed E-state index contributed by atoms with van der Waals surface area (Å²) in [6.45, 7) is 1.50. The molecule has 0 saturated heterocycles. The smallest absolute Gasteiger partial charge is 0.171 e. The molecular formula is C13H8ClNOS. The fourth-order valence-electron chi connectivity index (χ4n) is 1.46. The van der Waals surface area contributed by atoms with Crippen molar-refractivity contribution in [2.75, 3.05) is 0 Å². The monoisotopic (exact) mass is 261 g/mol. The van der Waals surface area contributed by atoms with E-state index in [2.05, 4.69) is 6.07 Å². The lowest BCUT2D eigenvalue weighted by Gasteiger charge is -1.96. The SMILES string of the molecule is CC(=O)c1sc(-c2ccc(C#N)cc2)cc1Cl. The summed E-state index contributed by atoms with van der Waals surface area (Å²) in [6.07, 6.45) is 0. The maximum Gasteiger partial charge on any atom is 0.171 e. The summed E-state index contributed by atoms with van der Waals surface area (Å²) in [5.41, 5.74) is 1.58. The number of thiophene rings is 1. The number of hydrogen-bond acceptors (Lipinski definition) is 3. The molecule has 17 heavy (non-hydrogen) atoms. The first-order valence-electron chi connectivity index (χ1n) is 4.92. The molecule has 0 bridgehead atoms. The van der Waals surface area contributed by atoms with Gasteiger partial charge in [-0.3, -0.25) is 4.79 Å². The first kappa shape index (κ1) is 11.8. The quantitative estimate of drug-likeness (QED) is 0.762. The van der Waals surface area contributed by atoms with Gasteiger partial charge in [0.1, 0.15) is 0 Å². The van der Waals surface area contributed by atoms with E-state index < -0.39 is 0 Å². The second-order valence-corrected chi connectivity index (χ2v) is 4.99. The van der Waals surface area contributed by atoms with Crippen molar-refractivity contribution >= 4 is 28.7 Å². The summed E-state index contributed by atoms with van der Waals surface area (Å²) in [5, 5.41) is 9.19. The lowest BCUT2D eigenvalue weighted by atomic mass is 10.1. The molecule has 0 amide bonds. The Kier molecular flexibility index (Phi) is 3.28. The zero-order valence-corrected chi connectivity index (χ0v) is 10.6. The van der Waals surface area contributed by atoms with Crippen LogP contribution < -0.4 is 0 Å². The van der Waals surface area contributed by atoms with Crippen LogP contribution in [0.5, 0.6) is 0 Å². The number of rotatable bonds is 2. The second-order valence-electron chi connectivity index (χ2n) is 3.53. The Hall–Kier alpha value is -1.63. The van der Waals surface area contributed by atoms with Crippen molar-refractivity contribution in [1.82, 2.24) is 0 Å². The molecule has 0 unspecified atom stereocenters. The number of nitriles is 1. The summed E-state index contributed by atoms with van der Waals surface area (Å²) >= 11 is 7.36. The van der Waals surface area contributed by atoms with E-state index in [9.17, 15) is 4.79 Å². The Morgan fingerprint density at radius 2 is 2.00 bits per heavy atom. The molecule has 0 aliphatic rings. The number of carbonyl (C=O) groups is 1. The van der Waals surface area contributed by atoms with Crippen LogP contribution >= 0.6 is 22.9 Å². The van der Waals surface area contributed by atoms with Crippen molar-refractivity contribution in [2.45, 2.75) is 6.92 Å². The van der Waals surface area contributed by atoms with Crippen molar-refractivity contribution in [3.63, 3.8) is 0 Å². The van der Waals surface area contributed by atoms with Crippen molar-refractivity contribution in [2.24, 2.45) is 0 Å². The Bertz CT molecular complexity index is 607. The predicted molar refractivity (Wildman–Crippen MR) is 69.5 cm³/mol. The van der Waals surface area contributed by atoms with Gasteiger partial charge in [-0.15, -0.1) is 11.3 Å². The first-order valence-corrected chi connectivity index (χ1v) is 6.12. The highest BCUT2D eigenvalue weighted by molar-refractivity contribution is 7.18. The van der Waals surface area contributed by atoms with Gasteiger partial charge in [-0.2, -0.15) is 5.26 Å². The molecule has 0 atom stereocenters. The van der Waals surface area contributed by atoms with Gasteiger partial charge in [-0.25, -0.2) is 0 Å². The van der Waals surface area contributed by atoms with Gasteiger partial charge in [0.25, 0.3) is 0 Å². The van der Waals surface area contributed by atoms with Crippen LogP contribution in [0.25, 0.3) is 10.4 Å². The molecule has 4 heteroatoms. The van der Waals surface area contributed by atoms with E-state index >= 15 is 0 Å². The molecule has 1 aromatic carbocycles. The minimum absolute atomic E-state index is 0.0279. The zero-order valence-electron chi connectivity index (χ0n) is 9.03. The van der Waals surface area contributed by atoms with Gasteiger partial charge < -0.3 is 0 Å². The molecule has 2 aromatic rings. The van der Waals surface area contributed by atoms with Crippen LogP contribution in [0.3, 0.4) is 0 Å². The second kappa shape index (κ2) is 4.70. The Morgan fingerprint density at radius 3 is 2.47 bits per heavy atom. The van der Waals surface area contributed by atoms with Gasteiger partial charge in [-0.1, -0.05) is 23.7 Å². The third kappa shape index (κ3) is 2.38. The maximum atomic E-state index is 11.3. The molecule has 0 aliphatic carbocycles. The molecule has 2 rings (SSSR count). The number of nitrogens with zero attached hydrogens (tertiary/aromatic N) is 1. The molecule has 0 saturated carbocycles. The molecular weight excluding hydrogens is 254 g/mol. The van der Waals surface area contributed by atoms with Crippen molar-refractivity contribution in [3.05, 3.63) is 45.8 Å². The highest BCUT2D eigenvalue weighted by atomic mass is 35.5. The third-order valence-corrected chi connectivity index (χ3v) is 4.00. The largest absolute Gasteiger partial charge is 0.294 e. The van der Waals surface area contributed by atoms with E-state index in [0.29, 0.717) is 15.5 Å². The van der Waals surface area contributed by atoms with E-state index in [1.807, 2.05) is 12.1 Å². The van der Waals surface area contributed by atoms with Crippen LogP contribution in [-0.2, 0) is 0 Å². The van der Waals surface area contributed by atoms with Gasteiger partial charge in [0, 0.05) is 11.8 Å². The maximum absolute atomic E-state index is 11.3. The first-order chi connectivity index (χ1) is 8.11. The summed E-state index contributed by atoms with van der Waals surface area (Å²) in [6, 6.07) is 11.0. The molecule has 84 valence electrons. The average molecular weight is 262 g/mol. The third-order valence-electron chi connectivity index (χ3n) is 2.31. The van der Waals surface area contributed by atoms with Crippen molar-refractivity contribution < 1.29 is 4.79 Å². The van der Waals surface area contributed by atoms with Gasteiger partial charge in [0.15, 0.2) is 5.78 Å². The number of hydrogen-bond donors (Lipinski definition) is 0. The molecule has 0 radical (unpaired) electrons. The number of halogens is 1. The molecule has 1 heterocycles. The minimum atomic E-state index is -0.0279. The highest BCUT2D eigenvalue weighted by Crippen LogP contribution is 2.34. The van der Waals surface area contributed by atoms with E-state index in [0.717, 1.165) is 10.4 Å². The highest BCUT2D eigenvalue weighted by Gasteiger charge is 2.12. The molecule has 0 fully saturated rings. The van der Waals surface area contributed by atoms with Crippen molar-refractivity contribution in [1.29, 1.82) is 5.26 Å². The number of benzene rings is 1. The normalized spacial score (nSPS) is 9.94. The molecule has 0 spiro atoms. The zero-order chi connectivity index (χ0) is 12.4. The summed E-state index contributed by atoms with van der Waals surface area (Å²) in [7, 11) is 0. The van der Waals surface area contributed by atoms with Gasteiger partial charge in [0.05, 0.1) is 21.5 Å². The summed E-state index contributed by atoms with van der Waals surface area (Å²) in [5.74, 6) is -0.0279. The summed E-state index contributed by atoms with van der Waals surface area (Å²) < 4.78 is 0. The van der Waals surface area contributed by atoms with Crippen LogP contribution in [0.1, 0.15) is 22.2 Å². The van der Waals surface area contributed by atoms with Crippen molar-refractivity contribution in [3.8, 4) is 16.5 Å². The van der Waals surface area contributed by atoms with E-state index in [1.54, 1.807) is 18.2 Å². The van der Waals surface area contributed by atoms with Gasteiger partial charge in [0.2, 0.25) is 0 Å². The molecule has 0 N–H and O–H groups in total. The topological polar surface area (TPSA) is 40.9 Å². The molecule has 1 aromatic heterocycles. The fourth-order valence-corrected chi connectivity index (χ4v) is 2.83. The number of ketones is 1. The van der Waals surface area contributed by atoms with E-state index in [1.165, 1.54) is 18.3 Å². The van der Waals surface area contributed by atoms with Crippen LogP contribution in [0.4, 0.5) is 0 Å². The lowest BCUT2D eigenvalue weighted by molar-refractivity contribution is 0.102. The summed E-state index contributed by atoms with van der Waals surface area (Å²) in [4.78, 5) is 12.8. The van der Waals surface area contributed by atoms with E-state index in [4.69, 9.17) is 16.9 Å². The molecule has 0 aliphatic heterocycles. The van der Waals surface area contributed by atoms with Crippen LogP contribution in [0.15, 0.2) is 30.3 Å². The minimum Gasteiger partial charge on any atom is -0.294 e. The predicted octanol–water partition coefficient (Wildman–Crippen LogP) is 4.14. The number of carbonyl (C=O) groups excluding carboxylic acids is 1. The van der Waals surface area contributed by atoms with Crippen LogP contribution in [0, 0.1) is 11.3 Å². The fraction of sp³-hybridized carbons (Fsp3) is 0.0769. The van der Waals surface area contributed by atoms with Crippen LogP contribution in [0.2, 0.25) is 5.02 Å².